The molecule has 3 atom stereocenters. The summed E-state index contributed by atoms with van der Waals surface area (Å²) in [6.07, 6.45) is 5.35. The van der Waals surface area contributed by atoms with Crippen molar-refractivity contribution in [2.45, 2.75) is 19.4 Å². The number of hydrogen-bond donors (Lipinski definition) is 1. The van der Waals surface area contributed by atoms with Crippen LogP contribution in [-0.2, 0) is 7.05 Å². The van der Waals surface area contributed by atoms with Crippen molar-refractivity contribution in [2.24, 2.45) is 24.6 Å². The fourth-order valence-electron chi connectivity index (χ4n) is 2.33. The molecule has 4 nitrogen and oxygen atoms in total. The average molecular weight is 222 g/mol. The molecule has 4 heteroatoms. The van der Waals surface area contributed by atoms with Gasteiger partial charge >= 0.3 is 0 Å². The third kappa shape index (κ3) is 2.44. The molecule has 16 heavy (non-hydrogen) atoms. The van der Waals surface area contributed by atoms with E-state index >= 15 is 0 Å². The molecule has 1 heterocycles. The summed E-state index contributed by atoms with van der Waals surface area (Å²) in [6, 6.07) is 0.307. The molecule has 1 fully saturated rings. The van der Waals surface area contributed by atoms with Crippen molar-refractivity contribution >= 4 is 0 Å². The maximum absolute atomic E-state index is 5.87. The number of nitrogens with two attached hydrogens (primary N) is 1. The van der Waals surface area contributed by atoms with Gasteiger partial charge in [0.05, 0.1) is 6.20 Å². The molecule has 0 bridgehead atoms. The molecule has 3 unspecified atom stereocenters. The molecular formula is C12H22N4. The van der Waals surface area contributed by atoms with Crippen LogP contribution in [0.25, 0.3) is 0 Å². The van der Waals surface area contributed by atoms with Crippen molar-refractivity contribution in [3.05, 3.63) is 18.0 Å². The molecule has 1 saturated carbocycles. The second kappa shape index (κ2) is 4.55. The highest BCUT2D eigenvalue weighted by Gasteiger charge is 2.34. The Kier molecular flexibility index (Phi) is 3.30. The number of rotatable bonds is 5. The molecular weight excluding hydrogens is 200 g/mol. The molecule has 0 aromatic carbocycles. The third-order valence-corrected chi connectivity index (χ3v) is 3.66. The summed E-state index contributed by atoms with van der Waals surface area (Å²) in [5.41, 5.74) is 7.09. The van der Waals surface area contributed by atoms with Gasteiger partial charge in [-0.15, -0.1) is 0 Å². The normalized spacial score (nSPS) is 26.1. The van der Waals surface area contributed by atoms with Gasteiger partial charge in [0, 0.05) is 37.9 Å². The minimum absolute atomic E-state index is 0.307. The van der Waals surface area contributed by atoms with Crippen LogP contribution >= 0.6 is 0 Å². The Bertz CT molecular complexity index is 347. The lowest BCUT2D eigenvalue weighted by Crippen LogP contribution is -2.32. The van der Waals surface area contributed by atoms with Gasteiger partial charge in [0.25, 0.3) is 0 Å². The number of aromatic nitrogens is 2. The summed E-state index contributed by atoms with van der Waals surface area (Å²) in [4.78, 5) is 2.37. The van der Waals surface area contributed by atoms with Gasteiger partial charge in [0.2, 0.25) is 0 Å². The number of nitrogens with zero attached hydrogens (tertiary/aromatic N) is 3. The molecule has 1 aliphatic carbocycles. The maximum Gasteiger partial charge on any atom is 0.0538 e. The molecule has 1 aromatic rings. The lowest BCUT2D eigenvalue weighted by molar-refractivity contribution is 0.237. The van der Waals surface area contributed by atoms with Crippen molar-refractivity contribution in [1.82, 2.24) is 14.7 Å². The first-order chi connectivity index (χ1) is 7.61. The van der Waals surface area contributed by atoms with Crippen LogP contribution in [0.2, 0.25) is 0 Å². The lowest BCUT2D eigenvalue weighted by atomic mass is 10.1. The monoisotopic (exact) mass is 222 g/mol. The van der Waals surface area contributed by atoms with Crippen molar-refractivity contribution < 1.29 is 0 Å². The van der Waals surface area contributed by atoms with Crippen molar-refractivity contribution in [3.63, 3.8) is 0 Å². The predicted octanol–water partition coefficient (Wildman–Crippen LogP) is 1.01. The van der Waals surface area contributed by atoms with E-state index in [1.807, 2.05) is 17.9 Å². The zero-order valence-corrected chi connectivity index (χ0v) is 10.4. The Morgan fingerprint density at radius 3 is 2.81 bits per heavy atom. The van der Waals surface area contributed by atoms with Crippen LogP contribution in [0.4, 0.5) is 0 Å². The second-order valence-electron chi connectivity index (χ2n) is 5.11. The van der Waals surface area contributed by atoms with Gasteiger partial charge in [0.15, 0.2) is 0 Å². The highest BCUT2D eigenvalue weighted by molar-refractivity contribution is 5.11. The van der Waals surface area contributed by atoms with Gasteiger partial charge in [-0.1, -0.05) is 6.92 Å². The van der Waals surface area contributed by atoms with E-state index in [0.29, 0.717) is 12.6 Å². The van der Waals surface area contributed by atoms with Gasteiger partial charge in [-0.25, -0.2) is 0 Å². The highest BCUT2D eigenvalue weighted by Crippen LogP contribution is 2.39. The molecule has 0 amide bonds. The predicted molar refractivity (Wildman–Crippen MR) is 64.9 cm³/mol. The first kappa shape index (κ1) is 11.6. The standard InChI is InChI=1S/C12H22N4/c1-9-4-10(9)7-15(2)12(5-13)11-6-14-16(3)8-11/h6,8-10,12H,4-5,7,13H2,1-3H3. The lowest BCUT2D eigenvalue weighted by Gasteiger charge is -2.26. The molecule has 0 aliphatic heterocycles. The van der Waals surface area contributed by atoms with Crippen LogP contribution < -0.4 is 5.73 Å². The van der Waals surface area contributed by atoms with Crippen LogP contribution in [0, 0.1) is 11.8 Å². The van der Waals surface area contributed by atoms with Crippen molar-refractivity contribution in [2.75, 3.05) is 20.1 Å². The Morgan fingerprint density at radius 2 is 2.38 bits per heavy atom. The van der Waals surface area contributed by atoms with Crippen LogP contribution in [0.1, 0.15) is 24.9 Å². The summed E-state index contributed by atoms with van der Waals surface area (Å²) in [7, 11) is 4.11. The second-order valence-corrected chi connectivity index (χ2v) is 5.11. The minimum atomic E-state index is 0.307. The number of aryl methyl sites for hydroxylation is 1. The largest absolute Gasteiger partial charge is 0.329 e. The third-order valence-electron chi connectivity index (χ3n) is 3.66. The molecule has 2 N–H and O–H groups in total. The zero-order chi connectivity index (χ0) is 11.7. The summed E-state index contributed by atoms with van der Waals surface area (Å²) in [6.45, 7) is 4.13. The molecule has 0 spiro atoms. The van der Waals surface area contributed by atoms with Gasteiger partial charge in [-0.3, -0.25) is 9.58 Å². The van der Waals surface area contributed by atoms with E-state index in [9.17, 15) is 0 Å². The zero-order valence-electron chi connectivity index (χ0n) is 10.4. The van der Waals surface area contributed by atoms with Crippen molar-refractivity contribution in [1.29, 1.82) is 0 Å². The Balaban J connectivity index is 1.98. The topological polar surface area (TPSA) is 47.1 Å². The van der Waals surface area contributed by atoms with Gasteiger partial charge in [0.1, 0.15) is 0 Å². The maximum atomic E-state index is 5.87. The van der Waals surface area contributed by atoms with Crippen LogP contribution in [-0.4, -0.2) is 34.8 Å². The molecule has 1 aromatic heterocycles. The summed E-state index contributed by atoms with van der Waals surface area (Å²) < 4.78 is 1.84. The molecule has 90 valence electrons. The molecule has 2 rings (SSSR count). The first-order valence-electron chi connectivity index (χ1n) is 6.00. The summed E-state index contributed by atoms with van der Waals surface area (Å²) >= 11 is 0. The van der Waals surface area contributed by atoms with E-state index in [-0.39, 0.29) is 0 Å². The Labute approximate surface area is 97.4 Å². The quantitative estimate of drug-likeness (QED) is 0.808. The Morgan fingerprint density at radius 1 is 1.69 bits per heavy atom. The van der Waals surface area contributed by atoms with E-state index in [1.54, 1.807) is 0 Å². The van der Waals surface area contributed by atoms with Crippen LogP contribution in [0.15, 0.2) is 12.4 Å². The van der Waals surface area contributed by atoms with E-state index in [4.69, 9.17) is 5.73 Å². The van der Waals surface area contributed by atoms with E-state index in [1.165, 1.54) is 12.0 Å². The van der Waals surface area contributed by atoms with Crippen LogP contribution in [0.3, 0.4) is 0 Å². The summed E-state index contributed by atoms with van der Waals surface area (Å²) in [5, 5.41) is 4.21. The Hall–Kier alpha value is -0.870. The number of hydrogen-bond acceptors (Lipinski definition) is 3. The van der Waals surface area contributed by atoms with E-state index < -0.39 is 0 Å². The SMILES string of the molecule is CC1CC1CN(C)C(CN)c1cnn(C)c1. The van der Waals surface area contributed by atoms with E-state index in [0.717, 1.165) is 18.4 Å². The van der Waals surface area contributed by atoms with Gasteiger partial charge < -0.3 is 5.73 Å². The van der Waals surface area contributed by atoms with Gasteiger partial charge in [-0.05, 0) is 25.3 Å². The van der Waals surface area contributed by atoms with Gasteiger partial charge in [-0.2, -0.15) is 5.10 Å². The molecule has 0 radical (unpaired) electrons. The smallest absolute Gasteiger partial charge is 0.0538 e. The van der Waals surface area contributed by atoms with Crippen molar-refractivity contribution in [3.8, 4) is 0 Å². The van der Waals surface area contributed by atoms with Crippen LogP contribution in [0.5, 0.6) is 0 Å². The molecule has 0 saturated heterocycles. The van der Waals surface area contributed by atoms with E-state index in [2.05, 4.69) is 30.2 Å². The minimum Gasteiger partial charge on any atom is -0.329 e. The highest BCUT2D eigenvalue weighted by atomic mass is 15.2. The first-order valence-corrected chi connectivity index (χ1v) is 6.00. The molecule has 1 aliphatic rings. The fraction of sp³-hybridized carbons (Fsp3) is 0.750. The fourth-order valence-corrected chi connectivity index (χ4v) is 2.33. The average Bonchev–Trinajstić information content (AvgIpc) is 2.74. The number of likely N-dealkylation sites (N-methyl/N-ethyl adjacent to an activating group) is 1. The summed E-state index contributed by atoms with van der Waals surface area (Å²) in [5.74, 6) is 1.77.